The van der Waals surface area contributed by atoms with Crippen molar-refractivity contribution in [1.82, 2.24) is 5.32 Å². The quantitative estimate of drug-likeness (QED) is 0.539. The van der Waals surface area contributed by atoms with Gasteiger partial charge in [-0.15, -0.1) is 11.6 Å². The third-order valence-electron chi connectivity index (χ3n) is 2.05. The number of hydrogen-bond donors (Lipinski definition) is 1. The summed E-state index contributed by atoms with van der Waals surface area (Å²) in [5, 5.41) is 2.76. The first-order chi connectivity index (χ1) is 6.91. The van der Waals surface area contributed by atoms with Crippen molar-refractivity contribution in [3.63, 3.8) is 0 Å². The highest BCUT2D eigenvalue weighted by molar-refractivity contribution is 6.19. The number of Topliss-reactive ketones (excluding diaryl/α,β-unsaturated/α-hetero) is 1. The number of ketones is 1. The molecule has 1 amide bonds. The second kappa shape index (κ2) is 6.62. The summed E-state index contributed by atoms with van der Waals surface area (Å²) in [5.41, 5.74) is -0.382. The van der Waals surface area contributed by atoms with Crippen LogP contribution >= 0.6 is 11.6 Å². The minimum atomic E-state index is -0.382. The van der Waals surface area contributed by atoms with Gasteiger partial charge >= 0.3 is 0 Å². The molecule has 3 nitrogen and oxygen atoms in total. The van der Waals surface area contributed by atoms with E-state index in [1.807, 2.05) is 13.8 Å². The molecule has 0 aliphatic carbocycles. The molecule has 0 saturated heterocycles. The van der Waals surface area contributed by atoms with Crippen molar-refractivity contribution in [3.8, 4) is 0 Å². The van der Waals surface area contributed by atoms with Crippen LogP contribution in [0.25, 0.3) is 0 Å². The van der Waals surface area contributed by atoms with E-state index >= 15 is 0 Å². The average Bonchev–Trinajstić information content (AvgIpc) is 2.15. The lowest BCUT2D eigenvalue weighted by atomic mass is 9.96. The van der Waals surface area contributed by atoms with E-state index in [2.05, 4.69) is 11.9 Å². The van der Waals surface area contributed by atoms with Gasteiger partial charge < -0.3 is 5.32 Å². The second-order valence-electron chi connectivity index (χ2n) is 4.05. The number of nitrogens with one attached hydrogen (secondary N) is 1. The summed E-state index contributed by atoms with van der Waals surface area (Å²) >= 11 is 5.45. The smallest absolute Gasteiger partial charge is 0.243 e. The predicted molar refractivity (Wildman–Crippen MR) is 62.0 cm³/mol. The van der Waals surface area contributed by atoms with Crippen LogP contribution in [-0.4, -0.2) is 23.1 Å². The Morgan fingerprint density at radius 2 is 2.00 bits per heavy atom. The largest absolute Gasteiger partial charge is 0.348 e. The fourth-order valence-corrected chi connectivity index (χ4v) is 1.34. The number of alkyl halides is 1. The molecule has 0 bridgehead atoms. The van der Waals surface area contributed by atoms with E-state index in [1.54, 1.807) is 0 Å². The Morgan fingerprint density at radius 1 is 1.40 bits per heavy atom. The van der Waals surface area contributed by atoms with Gasteiger partial charge in [-0.1, -0.05) is 6.58 Å². The van der Waals surface area contributed by atoms with Gasteiger partial charge in [0.05, 0.1) is 0 Å². The first-order valence-corrected chi connectivity index (χ1v) is 5.47. The molecule has 0 aliphatic rings. The molecule has 0 unspecified atom stereocenters. The molecule has 0 aromatic rings. The SMILES string of the molecule is C=CC(=O)NC(C)(C)CCC(=O)CCCl. The zero-order valence-corrected chi connectivity index (χ0v) is 10.1. The van der Waals surface area contributed by atoms with Gasteiger partial charge in [0, 0.05) is 24.3 Å². The molecule has 0 aromatic carbocycles. The van der Waals surface area contributed by atoms with E-state index in [-0.39, 0.29) is 17.2 Å². The van der Waals surface area contributed by atoms with E-state index < -0.39 is 0 Å². The number of carbonyl (C=O) groups is 2. The Bertz CT molecular complexity index is 249. The lowest BCUT2D eigenvalue weighted by Gasteiger charge is -2.25. The summed E-state index contributed by atoms with van der Waals surface area (Å²) in [4.78, 5) is 22.3. The number of amides is 1. The molecule has 0 spiro atoms. The van der Waals surface area contributed by atoms with Crippen LogP contribution in [0.5, 0.6) is 0 Å². The van der Waals surface area contributed by atoms with Crippen LogP contribution < -0.4 is 5.32 Å². The molecule has 0 heterocycles. The average molecular weight is 232 g/mol. The van der Waals surface area contributed by atoms with Crippen molar-refractivity contribution < 1.29 is 9.59 Å². The first-order valence-electron chi connectivity index (χ1n) is 4.93. The Morgan fingerprint density at radius 3 is 2.47 bits per heavy atom. The highest BCUT2D eigenvalue weighted by atomic mass is 35.5. The molecule has 0 radical (unpaired) electrons. The van der Waals surface area contributed by atoms with Crippen molar-refractivity contribution in [2.45, 2.75) is 38.6 Å². The summed E-state index contributed by atoms with van der Waals surface area (Å²) in [6, 6.07) is 0. The minimum Gasteiger partial charge on any atom is -0.348 e. The maximum Gasteiger partial charge on any atom is 0.243 e. The Kier molecular flexibility index (Phi) is 6.25. The molecular weight excluding hydrogens is 214 g/mol. The Hall–Kier alpha value is -0.830. The first kappa shape index (κ1) is 14.2. The van der Waals surface area contributed by atoms with E-state index in [4.69, 9.17) is 11.6 Å². The van der Waals surface area contributed by atoms with Gasteiger partial charge in [-0.25, -0.2) is 0 Å². The standard InChI is InChI=1S/C11H18ClNO2/c1-4-10(15)13-11(2,3)7-5-9(14)6-8-12/h4H,1,5-8H2,2-3H3,(H,13,15). The molecule has 1 N–H and O–H groups in total. The summed E-state index contributed by atoms with van der Waals surface area (Å²) < 4.78 is 0. The molecule has 0 aromatic heterocycles. The van der Waals surface area contributed by atoms with E-state index in [0.717, 1.165) is 0 Å². The van der Waals surface area contributed by atoms with Crippen molar-refractivity contribution in [2.75, 3.05) is 5.88 Å². The van der Waals surface area contributed by atoms with Crippen LogP contribution in [-0.2, 0) is 9.59 Å². The number of carbonyl (C=O) groups excluding carboxylic acids is 2. The molecule has 0 saturated carbocycles. The lowest BCUT2D eigenvalue weighted by Crippen LogP contribution is -2.42. The van der Waals surface area contributed by atoms with Crippen molar-refractivity contribution in [3.05, 3.63) is 12.7 Å². The van der Waals surface area contributed by atoms with Crippen LogP contribution in [0, 0.1) is 0 Å². The minimum absolute atomic E-state index is 0.130. The fraction of sp³-hybridized carbons (Fsp3) is 0.636. The van der Waals surface area contributed by atoms with Crippen molar-refractivity contribution >= 4 is 23.3 Å². The molecule has 0 aliphatic heterocycles. The molecule has 86 valence electrons. The molecule has 0 atom stereocenters. The van der Waals surface area contributed by atoms with Gasteiger partial charge in [-0.2, -0.15) is 0 Å². The van der Waals surface area contributed by atoms with Gasteiger partial charge in [0.2, 0.25) is 5.91 Å². The zero-order valence-electron chi connectivity index (χ0n) is 9.31. The van der Waals surface area contributed by atoms with Gasteiger partial charge in [-0.3, -0.25) is 9.59 Å². The predicted octanol–water partition coefficient (Wildman–Crippen LogP) is 2.05. The molecule has 15 heavy (non-hydrogen) atoms. The maximum atomic E-state index is 11.2. The monoisotopic (exact) mass is 231 g/mol. The summed E-state index contributed by atoms with van der Waals surface area (Å²) in [6.07, 6.45) is 2.68. The maximum absolute atomic E-state index is 11.2. The van der Waals surface area contributed by atoms with Gasteiger partial charge in [0.1, 0.15) is 5.78 Å². The normalized spacial score (nSPS) is 10.9. The summed E-state index contributed by atoms with van der Waals surface area (Å²) in [7, 11) is 0. The van der Waals surface area contributed by atoms with E-state index in [1.165, 1.54) is 6.08 Å². The van der Waals surface area contributed by atoms with Crippen LogP contribution in [0.2, 0.25) is 0 Å². The summed E-state index contributed by atoms with van der Waals surface area (Å²) in [5.74, 6) is 0.272. The molecule has 0 fully saturated rings. The third kappa shape index (κ3) is 7.14. The second-order valence-corrected chi connectivity index (χ2v) is 4.43. The zero-order chi connectivity index (χ0) is 11.9. The van der Waals surface area contributed by atoms with Crippen molar-refractivity contribution in [2.24, 2.45) is 0 Å². The molecule has 4 heteroatoms. The highest BCUT2D eigenvalue weighted by Gasteiger charge is 2.20. The van der Waals surface area contributed by atoms with Crippen LogP contribution in [0.15, 0.2) is 12.7 Å². The number of halogens is 1. The van der Waals surface area contributed by atoms with Gasteiger partial charge in [0.25, 0.3) is 0 Å². The number of rotatable bonds is 7. The summed E-state index contributed by atoms with van der Waals surface area (Å²) in [6.45, 7) is 7.13. The van der Waals surface area contributed by atoms with E-state index in [0.29, 0.717) is 25.1 Å². The molecular formula is C11H18ClNO2. The third-order valence-corrected chi connectivity index (χ3v) is 2.24. The Labute approximate surface area is 95.9 Å². The lowest BCUT2D eigenvalue weighted by molar-refractivity contribution is -0.121. The Balaban J connectivity index is 3.97. The van der Waals surface area contributed by atoms with Crippen LogP contribution in [0.1, 0.15) is 33.1 Å². The molecule has 0 rings (SSSR count). The van der Waals surface area contributed by atoms with Gasteiger partial charge in [0.15, 0.2) is 0 Å². The topological polar surface area (TPSA) is 46.2 Å². The van der Waals surface area contributed by atoms with Crippen LogP contribution in [0.4, 0.5) is 0 Å². The van der Waals surface area contributed by atoms with E-state index in [9.17, 15) is 9.59 Å². The van der Waals surface area contributed by atoms with Crippen molar-refractivity contribution in [1.29, 1.82) is 0 Å². The van der Waals surface area contributed by atoms with Gasteiger partial charge in [-0.05, 0) is 26.3 Å². The van der Waals surface area contributed by atoms with Crippen LogP contribution in [0.3, 0.4) is 0 Å². The highest BCUT2D eigenvalue weighted by Crippen LogP contribution is 2.12. The fourth-order valence-electron chi connectivity index (χ4n) is 1.13. The number of hydrogen-bond acceptors (Lipinski definition) is 2.